The predicted molar refractivity (Wildman–Crippen MR) is 93.1 cm³/mol. The summed E-state index contributed by atoms with van der Waals surface area (Å²) in [5, 5.41) is 12.5. The van der Waals surface area contributed by atoms with Crippen molar-refractivity contribution in [1.29, 1.82) is 0 Å². The highest BCUT2D eigenvalue weighted by Crippen LogP contribution is 2.26. The van der Waals surface area contributed by atoms with Gasteiger partial charge in [0, 0.05) is 13.2 Å². The first kappa shape index (κ1) is 15.8. The molecule has 0 amide bonds. The van der Waals surface area contributed by atoms with E-state index in [4.69, 9.17) is 23.2 Å². The van der Waals surface area contributed by atoms with Crippen LogP contribution < -0.4 is 5.32 Å². The van der Waals surface area contributed by atoms with Crippen LogP contribution in [0.3, 0.4) is 0 Å². The number of hydrogen-bond donors (Lipinski definition) is 1. The van der Waals surface area contributed by atoms with E-state index in [-0.39, 0.29) is 11.0 Å². The molecule has 0 aliphatic heterocycles. The van der Waals surface area contributed by atoms with Crippen molar-refractivity contribution in [3.05, 3.63) is 52.8 Å². The average molecular weight is 378 g/mol. The van der Waals surface area contributed by atoms with Crippen molar-refractivity contribution < 1.29 is 4.39 Å². The fourth-order valence-electron chi connectivity index (χ4n) is 2.34. The Morgan fingerprint density at radius 2 is 1.84 bits per heavy atom. The summed E-state index contributed by atoms with van der Waals surface area (Å²) >= 11 is 12.2. The Morgan fingerprint density at radius 3 is 2.60 bits per heavy atom. The van der Waals surface area contributed by atoms with Gasteiger partial charge in [-0.1, -0.05) is 23.2 Å². The highest BCUT2D eigenvalue weighted by Gasteiger charge is 2.13. The Bertz CT molecular complexity index is 1070. The zero-order chi connectivity index (χ0) is 17.6. The third kappa shape index (κ3) is 2.90. The molecule has 25 heavy (non-hydrogen) atoms. The van der Waals surface area contributed by atoms with E-state index in [0.717, 1.165) is 0 Å². The van der Waals surface area contributed by atoms with Gasteiger partial charge >= 0.3 is 0 Å². The van der Waals surface area contributed by atoms with Crippen molar-refractivity contribution in [3.63, 3.8) is 0 Å². The summed E-state index contributed by atoms with van der Waals surface area (Å²) in [6.07, 6.45) is 3.25. The summed E-state index contributed by atoms with van der Waals surface area (Å²) in [6, 6.07) is 5.90. The Kier molecular flexibility index (Phi) is 3.78. The third-order valence-corrected chi connectivity index (χ3v) is 4.10. The van der Waals surface area contributed by atoms with Gasteiger partial charge < -0.3 is 5.32 Å². The molecule has 0 aliphatic rings. The number of anilines is 2. The van der Waals surface area contributed by atoms with Crippen molar-refractivity contribution in [3.8, 4) is 5.69 Å². The topological polar surface area (TPSA) is 73.5 Å². The van der Waals surface area contributed by atoms with Gasteiger partial charge in [-0.2, -0.15) is 15.2 Å². The van der Waals surface area contributed by atoms with Crippen LogP contribution in [0.5, 0.6) is 0 Å². The number of nitrogens with zero attached hydrogens (tertiary/aromatic N) is 6. The van der Waals surface area contributed by atoms with E-state index < -0.39 is 0 Å². The number of rotatable bonds is 3. The molecule has 10 heteroatoms. The van der Waals surface area contributed by atoms with Crippen LogP contribution in [0.2, 0.25) is 10.3 Å². The number of hydrogen-bond acceptors (Lipinski definition) is 5. The Hall–Kier alpha value is -2.71. The lowest BCUT2D eigenvalue weighted by atomic mass is 10.3. The van der Waals surface area contributed by atoms with Crippen molar-refractivity contribution in [2.45, 2.75) is 0 Å². The standard InChI is InChI=1S/C15H10Cl2FN7/c1-24-14-10(12(16)22-24)6-19-15(21-14)20-11-7-25(23-13(11)17)9-4-2-8(18)3-5-9/h2-7H,1H3,(H,19,20,21). The van der Waals surface area contributed by atoms with Crippen molar-refractivity contribution >= 4 is 45.9 Å². The summed E-state index contributed by atoms with van der Waals surface area (Å²) in [5.74, 6) is 0.00427. The molecule has 1 N–H and O–H groups in total. The first-order valence-electron chi connectivity index (χ1n) is 7.14. The molecule has 0 bridgehead atoms. The van der Waals surface area contributed by atoms with E-state index in [9.17, 15) is 4.39 Å². The molecule has 0 spiro atoms. The lowest BCUT2D eigenvalue weighted by Crippen LogP contribution is -1.99. The Morgan fingerprint density at radius 1 is 1.08 bits per heavy atom. The maximum Gasteiger partial charge on any atom is 0.229 e. The van der Waals surface area contributed by atoms with Crippen LogP contribution in [0.4, 0.5) is 16.0 Å². The number of aryl methyl sites for hydroxylation is 1. The van der Waals surface area contributed by atoms with Crippen LogP contribution in [-0.4, -0.2) is 29.5 Å². The van der Waals surface area contributed by atoms with Crippen LogP contribution in [0.1, 0.15) is 0 Å². The lowest BCUT2D eigenvalue weighted by Gasteiger charge is -2.02. The van der Waals surface area contributed by atoms with Crippen molar-refractivity contribution in [1.82, 2.24) is 29.5 Å². The van der Waals surface area contributed by atoms with Crippen molar-refractivity contribution in [2.75, 3.05) is 5.32 Å². The van der Waals surface area contributed by atoms with Gasteiger partial charge in [0.1, 0.15) is 5.82 Å². The molecule has 126 valence electrons. The van der Waals surface area contributed by atoms with Crippen molar-refractivity contribution in [2.24, 2.45) is 7.05 Å². The molecule has 0 unspecified atom stereocenters. The number of nitrogens with one attached hydrogen (secondary N) is 1. The summed E-state index contributed by atoms with van der Waals surface area (Å²) in [4.78, 5) is 8.58. The maximum atomic E-state index is 13.0. The van der Waals surface area contributed by atoms with Crippen LogP contribution in [0, 0.1) is 5.82 Å². The second kappa shape index (κ2) is 5.98. The minimum absolute atomic E-state index is 0.232. The Labute approximate surface area is 151 Å². The first-order valence-corrected chi connectivity index (χ1v) is 7.90. The van der Waals surface area contributed by atoms with E-state index in [1.807, 2.05) is 0 Å². The summed E-state index contributed by atoms with van der Waals surface area (Å²) < 4.78 is 16.1. The van der Waals surface area contributed by atoms with E-state index in [0.29, 0.717) is 33.5 Å². The minimum Gasteiger partial charge on any atom is -0.320 e. The monoisotopic (exact) mass is 377 g/mol. The van der Waals surface area contributed by atoms with Gasteiger partial charge in [0.2, 0.25) is 5.95 Å². The molecule has 0 fully saturated rings. The second-order valence-electron chi connectivity index (χ2n) is 5.22. The van der Waals surface area contributed by atoms with Crippen LogP contribution >= 0.6 is 23.2 Å². The molecule has 0 saturated carbocycles. The highest BCUT2D eigenvalue weighted by molar-refractivity contribution is 6.34. The number of benzene rings is 1. The fraction of sp³-hybridized carbons (Fsp3) is 0.0667. The molecule has 7 nitrogen and oxygen atoms in total. The molecule has 0 radical (unpaired) electrons. The lowest BCUT2D eigenvalue weighted by molar-refractivity contribution is 0.627. The quantitative estimate of drug-likeness (QED) is 0.588. The number of aromatic nitrogens is 6. The normalized spacial score (nSPS) is 11.2. The summed E-state index contributed by atoms with van der Waals surface area (Å²) in [5.41, 5.74) is 1.77. The van der Waals surface area contributed by atoms with Gasteiger partial charge in [-0.15, -0.1) is 0 Å². The molecule has 1 aromatic carbocycles. The van der Waals surface area contributed by atoms with Gasteiger partial charge in [0.05, 0.1) is 23.0 Å². The number of fused-ring (bicyclic) bond motifs is 1. The first-order chi connectivity index (χ1) is 12.0. The SMILES string of the molecule is Cn1nc(Cl)c2cnc(Nc3cn(-c4ccc(F)cc4)nc3Cl)nc21. The van der Waals surface area contributed by atoms with Gasteiger partial charge in [0.25, 0.3) is 0 Å². The average Bonchev–Trinajstić information content (AvgIpc) is 3.09. The van der Waals surface area contributed by atoms with Gasteiger partial charge in [-0.3, -0.25) is 0 Å². The van der Waals surface area contributed by atoms with Crippen LogP contribution in [0.25, 0.3) is 16.7 Å². The van der Waals surface area contributed by atoms with Gasteiger partial charge in [-0.05, 0) is 24.3 Å². The second-order valence-corrected chi connectivity index (χ2v) is 5.94. The largest absolute Gasteiger partial charge is 0.320 e. The van der Waals surface area contributed by atoms with Gasteiger partial charge in [0.15, 0.2) is 16.0 Å². The Balaban J connectivity index is 1.67. The highest BCUT2D eigenvalue weighted by atomic mass is 35.5. The summed E-state index contributed by atoms with van der Waals surface area (Å²) in [6.45, 7) is 0. The smallest absolute Gasteiger partial charge is 0.229 e. The maximum absolute atomic E-state index is 13.0. The van der Waals surface area contributed by atoms with E-state index in [1.165, 1.54) is 16.8 Å². The van der Waals surface area contributed by atoms with Crippen LogP contribution in [0.15, 0.2) is 36.7 Å². The predicted octanol–water partition coefficient (Wildman–Crippen LogP) is 3.74. The van der Waals surface area contributed by atoms with Crippen LogP contribution in [-0.2, 0) is 7.05 Å². The number of halogens is 3. The molecule has 3 heterocycles. The summed E-state index contributed by atoms with van der Waals surface area (Å²) in [7, 11) is 1.74. The van der Waals surface area contributed by atoms with E-state index >= 15 is 0 Å². The molecular formula is C15H10Cl2FN7. The third-order valence-electron chi connectivity index (χ3n) is 3.54. The molecule has 0 atom stereocenters. The van der Waals surface area contributed by atoms with Gasteiger partial charge in [-0.25, -0.2) is 18.7 Å². The molecule has 4 rings (SSSR count). The molecular weight excluding hydrogens is 368 g/mol. The fourth-order valence-corrected chi connectivity index (χ4v) is 2.77. The minimum atomic E-state index is -0.322. The molecule has 4 aromatic rings. The molecule has 0 saturated heterocycles. The van der Waals surface area contributed by atoms with E-state index in [2.05, 4.69) is 25.5 Å². The molecule has 3 aromatic heterocycles. The zero-order valence-electron chi connectivity index (χ0n) is 12.8. The zero-order valence-corrected chi connectivity index (χ0v) is 14.3. The van der Waals surface area contributed by atoms with E-state index in [1.54, 1.807) is 36.3 Å². The molecule has 0 aliphatic carbocycles.